The van der Waals surface area contributed by atoms with Gasteiger partial charge in [0.2, 0.25) is 15.2 Å². The highest BCUT2D eigenvalue weighted by atomic mass is 32.2. The van der Waals surface area contributed by atoms with Gasteiger partial charge >= 0.3 is 0 Å². The largest absolute Gasteiger partial charge is 0.253 e. The molecule has 2 heterocycles. The van der Waals surface area contributed by atoms with Crippen molar-refractivity contribution in [1.82, 2.24) is 9.29 Å². The smallest absolute Gasteiger partial charge is 0.243 e. The van der Waals surface area contributed by atoms with Gasteiger partial charge in [-0.2, -0.15) is 9.41 Å². The van der Waals surface area contributed by atoms with Crippen LogP contribution in [-0.4, -0.2) is 37.0 Å². The number of hydrazone groups is 1. The summed E-state index contributed by atoms with van der Waals surface area (Å²) < 4.78 is 40.7. The summed E-state index contributed by atoms with van der Waals surface area (Å²) in [6.07, 6.45) is 3.18. The molecule has 1 saturated heterocycles. The molecular weight excluding hydrogens is 411 g/mol. The van der Waals surface area contributed by atoms with Crippen LogP contribution in [0, 0.1) is 5.82 Å². The second-order valence-corrected chi connectivity index (χ2v) is 9.36. The fourth-order valence-corrected chi connectivity index (χ4v) is 5.32. The van der Waals surface area contributed by atoms with Crippen LogP contribution in [-0.2, 0) is 10.0 Å². The van der Waals surface area contributed by atoms with Crippen LogP contribution < -0.4 is 5.43 Å². The molecule has 1 fully saturated rings. The van der Waals surface area contributed by atoms with Crippen molar-refractivity contribution in [2.24, 2.45) is 5.10 Å². The van der Waals surface area contributed by atoms with Gasteiger partial charge in [-0.05, 0) is 31.0 Å². The number of halogens is 1. The molecule has 1 aliphatic heterocycles. The van der Waals surface area contributed by atoms with E-state index in [9.17, 15) is 12.8 Å². The molecule has 6 nitrogen and oxygen atoms in total. The van der Waals surface area contributed by atoms with Crippen LogP contribution in [0.5, 0.6) is 0 Å². The summed E-state index contributed by atoms with van der Waals surface area (Å²) in [4.78, 5) is 4.72. The van der Waals surface area contributed by atoms with Crippen LogP contribution in [0.2, 0.25) is 0 Å². The van der Waals surface area contributed by atoms with Crippen molar-refractivity contribution in [2.75, 3.05) is 18.5 Å². The molecular formula is C20H19FN4O2S2. The Balaban J connectivity index is 1.50. The van der Waals surface area contributed by atoms with Crippen LogP contribution >= 0.6 is 11.3 Å². The van der Waals surface area contributed by atoms with Gasteiger partial charge in [0.1, 0.15) is 5.82 Å². The number of nitrogens with zero attached hydrogens (tertiary/aromatic N) is 3. The van der Waals surface area contributed by atoms with E-state index in [-0.39, 0.29) is 10.7 Å². The molecule has 2 aromatic carbocycles. The van der Waals surface area contributed by atoms with Gasteiger partial charge in [-0.25, -0.2) is 17.8 Å². The SMILES string of the molecule is O=S(=O)(c1cccc(-c2csc(N/N=C/c3ccccc3F)n2)c1)N1CCCC1. The van der Waals surface area contributed by atoms with E-state index in [1.807, 2.05) is 11.4 Å². The van der Waals surface area contributed by atoms with Crippen molar-refractivity contribution >= 4 is 32.7 Å². The molecule has 0 saturated carbocycles. The molecule has 0 bridgehead atoms. The maximum atomic E-state index is 13.6. The Kier molecular flexibility index (Phi) is 5.70. The van der Waals surface area contributed by atoms with E-state index in [1.165, 1.54) is 27.9 Å². The first-order chi connectivity index (χ1) is 14.0. The molecule has 0 unspecified atom stereocenters. The standard InChI is InChI=1S/C20H19FN4O2S2/c21-18-9-2-1-6-16(18)13-22-24-20-23-19(14-28-20)15-7-5-8-17(12-15)29(26,27)25-10-3-4-11-25/h1-2,5-9,12-14H,3-4,10-11H2,(H,23,24)/b22-13+. The first-order valence-corrected chi connectivity index (χ1v) is 11.5. The summed E-state index contributed by atoms with van der Waals surface area (Å²) in [5.41, 5.74) is 4.52. The molecule has 0 atom stereocenters. The minimum Gasteiger partial charge on any atom is -0.253 e. The molecule has 1 N–H and O–H groups in total. The number of rotatable bonds is 6. The number of aromatic nitrogens is 1. The molecule has 0 aliphatic carbocycles. The van der Waals surface area contributed by atoms with Crippen LogP contribution in [0.1, 0.15) is 18.4 Å². The Morgan fingerprint density at radius 1 is 1.14 bits per heavy atom. The summed E-state index contributed by atoms with van der Waals surface area (Å²) in [6.45, 7) is 1.13. The molecule has 150 valence electrons. The quantitative estimate of drug-likeness (QED) is 0.470. The maximum Gasteiger partial charge on any atom is 0.243 e. The third-order valence-electron chi connectivity index (χ3n) is 4.61. The van der Waals surface area contributed by atoms with Crippen LogP contribution in [0.15, 0.2) is 63.9 Å². The Morgan fingerprint density at radius 3 is 2.72 bits per heavy atom. The maximum absolute atomic E-state index is 13.6. The van der Waals surface area contributed by atoms with E-state index in [1.54, 1.807) is 36.4 Å². The fraction of sp³-hybridized carbons (Fsp3) is 0.200. The van der Waals surface area contributed by atoms with Crippen molar-refractivity contribution < 1.29 is 12.8 Å². The van der Waals surface area contributed by atoms with E-state index >= 15 is 0 Å². The van der Waals surface area contributed by atoms with Gasteiger partial charge < -0.3 is 0 Å². The van der Waals surface area contributed by atoms with Gasteiger partial charge in [-0.15, -0.1) is 11.3 Å². The highest BCUT2D eigenvalue weighted by Gasteiger charge is 2.27. The number of sulfonamides is 1. The van der Waals surface area contributed by atoms with E-state index < -0.39 is 10.0 Å². The minimum absolute atomic E-state index is 0.275. The van der Waals surface area contributed by atoms with Crippen LogP contribution in [0.3, 0.4) is 0 Å². The Bertz CT molecular complexity index is 1140. The lowest BCUT2D eigenvalue weighted by molar-refractivity contribution is 0.477. The summed E-state index contributed by atoms with van der Waals surface area (Å²) >= 11 is 1.33. The zero-order chi connectivity index (χ0) is 20.3. The lowest BCUT2D eigenvalue weighted by Crippen LogP contribution is -2.27. The third kappa shape index (κ3) is 4.36. The normalized spacial score (nSPS) is 15.2. The lowest BCUT2D eigenvalue weighted by atomic mass is 10.2. The second kappa shape index (κ2) is 8.40. The minimum atomic E-state index is -3.48. The van der Waals surface area contributed by atoms with E-state index in [4.69, 9.17) is 0 Å². The van der Waals surface area contributed by atoms with E-state index in [0.29, 0.717) is 35.0 Å². The number of hydrogen-bond donors (Lipinski definition) is 1. The topological polar surface area (TPSA) is 74.7 Å². The van der Waals surface area contributed by atoms with E-state index in [2.05, 4.69) is 15.5 Å². The number of anilines is 1. The predicted octanol–water partition coefficient (Wildman–Crippen LogP) is 4.18. The Labute approximate surface area is 172 Å². The second-order valence-electron chi connectivity index (χ2n) is 6.57. The Hall–Kier alpha value is -2.62. The Morgan fingerprint density at radius 2 is 1.93 bits per heavy atom. The van der Waals surface area contributed by atoms with Gasteiger partial charge in [0.25, 0.3) is 0 Å². The van der Waals surface area contributed by atoms with Gasteiger partial charge in [0, 0.05) is 29.6 Å². The zero-order valence-electron chi connectivity index (χ0n) is 15.5. The van der Waals surface area contributed by atoms with E-state index in [0.717, 1.165) is 12.8 Å². The highest BCUT2D eigenvalue weighted by molar-refractivity contribution is 7.89. The average molecular weight is 431 g/mol. The molecule has 9 heteroatoms. The van der Waals surface area contributed by atoms with Crippen LogP contribution in [0.25, 0.3) is 11.3 Å². The highest BCUT2D eigenvalue weighted by Crippen LogP contribution is 2.28. The van der Waals surface area contributed by atoms with Gasteiger partial charge in [-0.3, -0.25) is 5.43 Å². The molecule has 29 heavy (non-hydrogen) atoms. The molecule has 1 aliphatic rings. The molecule has 0 amide bonds. The molecule has 3 aromatic rings. The summed E-state index contributed by atoms with van der Waals surface area (Å²) in [6, 6.07) is 13.1. The monoisotopic (exact) mass is 430 g/mol. The number of benzene rings is 2. The van der Waals surface area contributed by atoms with Gasteiger partial charge in [0.05, 0.1) is 16.8 Å². The summed E-state index contributed by atoms with van der Waals surface area (Å²) in [5, 5.41) is 6.37. The molecule has 1 aromatic heterocycles. The van der Waals surface area contributed by atoms with Crippen molar-refractivity contribution in [3.63, 3.8) is 0 Å². The van der Waals surface area contributed by atoms with Crippen molar-refractivity contribution in [3.05, 3.63) is 65.3 Å². The fourth-order valence-electron chi connectivity index (χ4n) is 3.09. The van der Waals surface area contributed by atoms with Crippen LogP contribution in [0.4, 0.5) is 9.52 Å². The van der Waals surface area contributed by atoms with Gasteiger partial charge in [-0.1, -0.05) is 30.3 Å². The van der Waals surface area contributed by atoms with Crippen molar-refractivity contribution in [1.29, 1.82) is 0 Å². The van der Waals surface area contributed by atoms with Crippen molar-refractivity contribution in [2.45, 2.75) is 17.7 Å². The van der Waals surface area contributed by atoms with Gasteiger partial charge in [0.15, 0.2) is 0 Å². The third-order valence-corrected chi connectivity index (χ3v) is 7.25. The number of thiazole rings is 1. The first-order valence-electron chi connectivity index (χ1n) is 9.14. The number of nitrogens with one attached hydrogen (secondary N) is 1. The van der Waals surface area contributed by atoms with Crippen molar-refractivity contribution in [3.8, 4) is 11.3 Å². The molecule has 4 rings (SSSR count). The average Bonchev–Trinajstić information content (AvgIpc) is 3.42. The predicted molar refractivity (Wildman–Crippen MR) is 113 cm³/mol. The lowest BCUT2D eigenvalue weighted by Gasteiger charge is -2.15. The summed E-state index contributed by atoms with van der Waals surface area (Å²) in [7, 11) is -3.48. The first kappa shape index (κ1) is 19.7. The number of hydrogen-bond acceptors (Lipinski definition) is 6. The summed E-state index contributed by atoms with van der Waals surface area (Å²) in [5.74, 6) is -0.353. The zero-order valence-corrected chi connectivity index (χ0v) is 17.1. The molecule has 0 radical (unpaired) electrons. The molecule has 0 spiro atoms.